The van der Waals surface area contributed by atoms with Gasteiger partial charge in [0.1, 0.15) is 19.8 Å². The molecule has 82 heavy (non-hydrogen) atoms. The quantitative estimate of drug-likeness (QED) is 0.0310. The van der Waals surface area contributed by atoms with Crippen molar-refractivity contribution in [2.75, 3.05) is 19.8 Å². The van der Waals surface area contributed by atoms with Crippen molar-refractivity contribution in [3.8, 4) is 0 Å². The van der Waals surface area contributed by atoms with Gasteiger partial charge < -0.3 is 41.3 Å². The number of halogens is 6. The van der Waals surface area contributed by atoms with Crippen LogP contribution in [-0.4, -0.2) is 118 Å². The third-order valence-electron chi connectivity index (χ3n) is 8.87. The molecule has 1 N–H and O–H groups in total. The first-order chi connectivity index (χ1) is 37.2. The maximum absolute atomic E-state index is 11.8. The maximum Gasteiger partial charge on any atom is 0.505 e. The predicted molar refractivity (Wildman–Crippen MR) is 318 cm³/mol. The Morgan fingerprint density at radius 1 is 0.573 bits per heavy atom. The number of carbonyl (C=O) groups is 6. The summed E-state index contributed by atoms with van der Waals surface area (Å²) in [5.74, 6) is -3.81. The Hall–Kier alpha value is -6.49. The van der Waals surface area contributed by atoms with Crippen molar-refractivity contribution >= 4 is 86.8 Å². The molecular weight excluding hydrogens is 1150 g/mol. The molecule has 3 rings (SSSR count). The number of hydrogen-bond acceptors (Lipinski definition) is 13. The molecule has 1 heterocycles. The Labute approximate surface area is 484 Å². The summed E-state index contributed by atoms with van der Waals surface area (Å²) in [6.07, 6.45) is -8.59. The highest BCUT2D eigenvalue weighted by Crippen LogP contribution is 2.36. The zero-order chi connectivity index (χ0) is 64.8. The Kier molecular flexibility index (Phi) is 35.8. The first-order valence-electron chi connectivity index (χ1n) is 25.0. The molecule has 2 aromatic carbocycles. The van der Waals surface area contributed by atoms with Gasteiger partial charge in [-0.1, -0.05) is 113 Å². The molecule has 0 saturated carbocycles. The number of esters is 4. The predicted octanol–water partition coefficient (Wildman–Crippen LogP) is 13.2. The van der Waals surface area contributed by atoms with E-state index < -0.39 is 81.7 Å². The van der Waals surface area contributed by atoms with Crippen LogP contribution in [0.2, 0.25) is 58.9 Å². The maximum atomic E-state index is 11.8. The molecule has 0 spiro atoms. The number of rotatable bonds is 21. The number of ether oxygens (including phenoxy) is 4. The summed E-state index contributed by atoms with van der Waals surface area (Å²) in [4.78, 5) is 65.2. The number of carboxylic acid groups (broad SMARTS) is 1. The van der Waals surface area contributed by atoms with Gasteiger partial charge in [0, 0.05) is 46.0 Å². The fourth-order valence-corrected chi connectivity index (χ4v) is 18.5. The minimum Gasteiger partial charge on any atom is -0.478 e. The number of hydrogen-bond donors (Lipinski definition) is 1. The molecule has 25 heteroatoms. The molecule has 1 saturated heterocycles. The molecule has 0 unspecified atom stereocenters. The van der Waals surface area contributed by atoms with Crippen LogP contribution in [0.15, 0.2) is 135 Å². The Bertz CT molecular complexity index is 2430. The second-order valence-electron chi connectivity index (χ2n) is 20.8. The highest BCUT2D eigenvalue weighted by atomic mass is 28.5. The Morgan fingerprint density at radius 2 is 0.902 bits per heavy atom. The van der Waals surface area contributed by atoms with Crippen LogP contribution in [0.25, 0.3) is 12.2 Å². The zero-order valence-corrected chi connectivity index (χ0v) is 53.8. The first kappa shape index (κ1) is 79.7. The van der Waals surface area contributed by atoms with Gasteiger partial charge in [0.25, 0.3) is 6.10 Å². The lowest BCUT2D eigenvalue weighted by Gasteiger charge is -2.42. The van der Waals surface area contributed by atoms with Crippen LogP contribution in [0.3, 0.4) is 0 Å². The fraction of sp³-hybridized carbons (Fsp3) is 0.404. The molecule has 2 aromatic rings. The van der Waals surface area contributed by atoms with E-state index in [0.29, 0.717) is 23.1 Å². The van der Waals surface area contributed by atoms with E-state index in [-0.39, 0.29) is 37.3 Å². The summed E-state index contributed by atoms with van der Waals surface area (Å²) in [6, 6.07) is 16.0. The number of carboxylic acids is 1. The third-order valence-corrected chi connectivity index (χ3v) is 20.5. The Balaban J connectivity index is -0.000000957. The highest BCUT2D eigenvalue weighted by Gasteiger charge is 2.60. The summed E-state index contributed by atoms with van der Waals surface area (Å²) in [7, 11) is -8.55. The standard InChI is InChI=1S/C17H34O3Si4.C13H14O2.C10H14O4.C7H6F6O2.C6H9NO.C4H6O2/c1-11-16-12-14-17(15-13-16)24(18-21(2,3)4,19-22(5,6)7)20-23(8,9)10;1-4-11-5-7-12(8-6-11)9-15-13(14)10(2)3;1-7(2)9(11)13-5-6-14-10(12)8(3)4;1-3(2)4(14)15-5(6(8,9)10)7(11,12)13;1-2-7-5-3-4-6(7)8;1-3(2)4(5)6/h11-15H,1H2,2-10H3;4-8H,1-2,9H2,3H3;1,3,5-6H2,2,4H3;5H,1H2,2H3;2H,1,3-5H2;1H2,2H3,(H,5,6). The van der Waals surface area contributed by atoms with E-state index in [1.807, 2.05) is 30.3 Å². The summed E-state index contributed by atoms with van der Waals surface area (Å²) in [5, 5.41) is 8.96. The lowest BCUT2D eigenvalue weighted by Crippen LogP contribution is -2.67. The average Bonchev–Trinajstić information content (AvgIpc) is 3.76. The van der Waals surface area contributed by atoms with Gasteiger partial charge in [-0.05, 0) is 123 Å². The van der Waals surface area contributed by atoms with Crippen LogP contribution in [0.1, 0.15) is 64.2 Å². The number of amides is 1. The van der Waals surface area contributed by atoms with E-state index in [1.165, 1.54) is 6.92 Å². The molecule has 1 fully saturated rings. The van der Waals surface area contributed by atoms with Gasteiger partial charge in [-0.15, -0.1) is 0 Å². The topological polar surface area (TPSA) is 190 Å². The van der Waals surface area contributed by atoms with Gasteiger partial charge in [-0.2, -0.15) is 26.3 Å². The van der Waals surface area contributed by atoms with Crippen LogP contribution in [0.4, 0.5) is 26.3 Å². The molecule has 0 aliphatic carbocycles. The fourth-order valence-electron chi connectivity index (χ4n) is 5.20. The Morgan fingerprint density at radius 3 is 1.15 bits per heavy atom. The number of nitrogens with zero attached hydrogens (tertiary/aromatic N) is 1. The van der Waals surface area contributed by atoms with Crippen LogP contribution in [-0.2, 0) is 66.7 Å². The van der Waals surface area contributed by atoms with Gasteiger partial charge in [0.15, 0.2) is 25.0 Å². The first-order valence-corrected chi connectivity index (χ1v) is 37.0. The van der Waals surface area contributed by atoms with Crippen LogP contribution >= 0.6 is 0 Å². The molecule has 1 aliphatic rings. The van der Waals surface area contributed by atoms with Crippen molar-refractivity contribution in [1.29, 1.82) is 0 Å². The SMILES string of the molecule is C=C(C)C(=O)O.C=C(C)C(=O)OC(C(F)(F)F)C(F)(F)F.C=C(C)C(=O)OCCOC(=O)C(=C)C.C=CN1CCCC1=O.C=Cc1ccc(COC(=O)C(=C)C)cc1.C=Cc1ccc([Si](O[Si](C)(C)C)(O[Si](C)(C)C)O[Si](C)(C)C)cc1. The lowest BCUT2D eigenvalue weighted by atomic mass is 10.1. The van der Waals surface area contributed by atoms with Crippen molar-refractivity contribution in [3.63, 3.8) is 0 Å². The number of alkyl halides is 6. The van der Waals surface area contributed by atoms with E-state index in [9.17, 15) is 55.1 Å². The van der Waals surface area contributed by atoms with E-state index in [0.717, 1.165) is 41.8 Å². The van der Waals surface area contributed by atoms with Gasteiger partial charge in [-0.3, -0.25) is 4.79 Å². The van der Waals surface area contributed by atoms with Gasteiger partial charge in [0.05, 0.1) is 0 Å². The van der Waals surface area contributed by atoms with Gasteiger partial charge in [-0.25, -0.2) is 24.0 Å². The van der Waals surface area contributed by atoms with Gasteiger partial charge in [0.2, 0.25) is 5.91 Å². The van der Waals surface area contributed by atoms with Crippen molar-refractivity contribution in [2.45, 2.75) is 131 Å². The molecule has 0 atom stereocenters. The smallest absolute Gasteiger partial charge is 0.478 e. The van der Waals surface area contributed by atoms with Crippen LogP contribution < -0.4 is 5.19 Å². The largest absolute Gasteiger partial charge is 0.505 e. The van der Waals surface area contributed by atoms with Crippen molar-refractivity contribution in [2.24, 2.45) is 0 Å². The summed E-state index contributed by atoms with van der Waals surface area (Å²) >= 11 is 0. The molecular formula is C57H83F6NO14Si4. The number of likely N-dealkylation sites (tertiary alicyclic amines) is 1. The third kappa shape index (κ3) is 37.5. The second kappa shape index (κ2) is 36.9. The van der Waals surface area contributed by atoms with E-state index in [2.05, 4.69) is 150 Å². The highest BCUT2D eigenvalue weighted by molar-refractivity contribution is 6.95. The molecule has 0 radical (unpaired) electrons. The van der Waals surface area contributed by atoms with Crippen molar-refractivity contribution < 1.29 is 91.5 Å². The van der Waals surface area contributed by atoms with Crippen LogP contribution in [0.5, 0.6) is 0 Å². The molecule has 458 valence electrons. The number of benzene rings is 2. The van der Waals surface area contributed by atoms with E-state index in [4.69, 9.17) is 22.2 Å². The molecule has 0 aromatic heterocycles. The van der Waals surface area contributed by atoms with E-state index in [1.54, 1.807) is 37.9 Å². The zero-order valence-electron chi connectivity index (χ0n) is 49.8. The summed E-state index contributed by atoms with van der Waals surface area (Å²) < 4.78 is 109. The van der Waals surface area contributed by atoms with Crippen LogP contribution in [0, 0.1) is 0 Å². The van der Waals surface area contributed by atoms with Gasteiger partial charge >= 0.3 is 51.0 Å². The number of aliphatic carboxylic acids is 1. The molecule has 1 amide bonds. The van der Waals surface area contributed by atoms with E-state index >= 15 is 0 Å². The monoisotopic (exact) mass is 1230 g/mol. The normalized spacial score (nSPS) is 12.1. The second-order valence-corrected chi connectivity index (χ2v) is 37.6. The van der Waals surface area contributed by atoms with Crippen molar-refractivity contribution in [3.05, 3.63) is 152 Å². The summed E-state index contributed by atoms with van der Waals surface area (Å²) in [6.45, 7) is 55.5. The summed E-state index contributed by atoms with van der Waals surface area (Å²) in [5.41, 5.74) is 3.77. The number of carbonyl (C=O) groups excluding carboxylic acids is 5. The molecule has 15 nitrogen and oxygen atoms in total. The average molecular weight is 1230 g/mol. The van der Waals surface area contributed by atoms with Crippen molar-refractivity contribution in [1.82, 2.24) is 4.90 Å². The molecule has 0 bridgehead atoms. The molecule has 1 aliphatic heterocycles. The minimum absolute atomic E-state index is 0.0325. The minimum atomic E-state index is -5.69. The lowest BCUT2D eigenvalue weighted by molar-refractivity contribution is -0.312.